The van der Waals surface area contributed by atoms with E-state index >= 15 is 0 Å². The first-order valence-corrected chi connectivity index (χ1v) is 9.95. The van der Waals surface area contributed by atoms with Gasteiger partial charge in [0.1, 0.15) is 17.7 Å². The molecule has 0 saturated heterocycles. The molecule has 5 N–H and O–H groups in total. The molecular formula is C14H14ClN6O6P. The van der Waals surface area contributed by atoms with Gasteiger partial charge in [0.15, 0.2) is 11.5 Å². The molecular weight excluding hydrogens is 415 g/mol. The van der Waals surface area contributed by atoms with E-state index in [0.717, 1.165) is 0 Å². The van der Waals surface area contributed by atoms with Crippen molar-refractivity contribution in [1.82, 2.24) is 19.5 Å². The highest BCUT2D eigenvalue weighted by atomic mass is 35.5. The number of fused-ring (bicyclic) bond motifs is 2. The molecule has 0 bridgehead atoms. The van der Waals surface area contributed by atoms with Crippen molar-refractivity contribution in [2.45, 2.75) is 24.7 Å². The molecule has 12 nitrogen and oxygen atoms in total. The largest absolute Gasteiger partial charge is 0.487 e. The number of nitroso groups, excluding NO2 is 1. The van der Waals surface area contributed by atoms with Crippen LogP contribution in [0.5, 0.6) is 0 Å². The van der Waals surface area contributed by atoms with Gasteiger partial charge in [-0.2, -0.15) is 9.97 Å². The van der Waals surface area contributed by atoms with Crippen LogP contribution >= 0.6 is 19.3 Å². The summed E-state index contributed by atoms with van der Waals surface area (Å²) in [5, 5.41) is 21.3. The molecule has 2 heterocycles. The molecule has 1 fully saturated rings. The summed E-state index contributed by atoms with van der Waals surface area (Å²) < 4.78 is 17.7. The molecule has 6 atom stereocenters. The van der Waals surface area contributed by atoms with Crippen LogP contribution in [0.4, 0.5) is 5.82 Å². The molecule has 1 unspecified atom stereocenters. The van der Waals surface area contributed by atoms with Crippen LogP contribution in [0.25, 0.3) is 11.2 Å². The summed E-state index contributed by atoms with van der Waals surface area (Å²) in [6, 6.07) is -0.779. The van der Waals surface area contributed by atoms with Crippen molar-refractivity contribution < 1.29 is 24.2 Å². The molecule has 2 aromatic heterocycles. The summed E-state index contributed by atoms with van der Waals surface area (Å²) in [6.45, 7) is -0.566. The second-order valence-corrected chi connectivity index (χ2v) is 8.37. The van der Waals surface area contributed by atoms with Crippen LogP contribution in [-0.2, 0) is 9.09 Å². The number of nitrogen functional groups attached to an aromatic ring is 1. The van der Waals surface area contributed by atoms with Gasteiger partial charge in [-0.25, -0.2) is 9.55 Å². The summed E-state index contributed by atoms with van der Waals surface area (Å²) in [5.41, 5.74) is 4.94. The van der Waals surface area contributed by atoms with Crippen LogP contribution in [0.3, 0.4) is 0 Å². The average molecular weight is 429 g/mol. The standard InChI is InChI=1S/C14H14ClN6O6P/c15-13-18-11(16)7-12(19-13)21(5-17-7)8-6-2-1-3-14(6,10(23)9(8)22)4-27-28(25,26)20-24/h5-6,8-10,22-23H,2,4H2,(H,25,26)(H2,16,18,19)/t6-,8-,9+,10+,14+/m1/s1. The van der Waals surface area contributed by atoms with Crippen molar-refractivity contribution in [3.63, 3.8) is 0 Å². The Bertz CT molecular complexity index is 1080. The normalized spacial score (nSPS) is 33.3. The molecule has 0 amide bonds. The van der Waals surface area contributed by atoms with Gasteiger partial charge in [-0.05, 0) is 11.6 Å². The molecule has 2 aliphatic carbocycles. The van der Waals surface area contributed by atoms with Crippen LogP contribution in [0.2, 0.25) is 5.28 Å². The number of nitrogens with zero attached hydrogens (tertiary/aromatic N) is 5. The number of anilines is 1. The molecule has 28 heavy (non-hydrogen) atoms. The average Bonchev–Trinajstić information content (AvgIpc) is 3.30. The van der Waals surface area contributed by atoms with Crippen molar-refractivity contribution in [3.05, 3.63) is 16.5 Å². The highest BCUT2D eigenvalue weighted by molar-refractivity contribution is 7.51. The number of halogens is 1. The Balaban J connectivity index is 1.77. The Morgan fingerprint density at radius 3 is 2.96 bits per heavy atom. The van der Waals surface area contributed by atoms with Gasteiger partial charge in [-0.1, -0.05) is 5.92 Å². The van der Waals surface area contributed by atoms with Crippen LogP contribution < -0.4 is 5.73 Å². The summed E-state index contributed by atoms with van der Waals surface area (Å²) in [5.74, 6) is 5.12. The van der Waals surface area contributed by atoms with Gasteiger partial charge in [0.2, 0.25) is 5.28 Å². The first-order chi connectivity index (χ1) is 13.2. The summed E-state index contributed by atoms with van der Waals surface area (Å²) in [6.07, 6.45) is -1.14. The predicted molar refractivity (Wildman–Crippen MR) is 95.7 cm³/mol. The van der Waals surface area contributed by atoms with Crippen LogP contribution in [-0.4, -0.2) is 53.4 Å². The molecule has 0 aromatic carbocycles. The quantitative estimate of drug-likeness (QED) is 0.222. The maximum atomic E-state index is 11.5. The number of aliphatic hydroxyl groups is 2. The van der Waals surface area contributed by atoms with Crippen molar-refractivity contribution in [3.8, 4) is 11.8 Å². The third-order valence-corrected chi connectivity index (χ3v) is 6.08. The fourth-order valence-electron chi connectivity index (χ4n) is 3.98. The number of aliphatic hydroxyl groups excluding tert-OH is 2. The van der Waals surface area contributed by atoms with Crippen LogP contribution in [0.15, 0.2) is 11.3 Å². The van der Waals surface area contributed by atoms with E-state index in [-0.39, 0.29) is 28.7 Å². The molecule has 148 valence electrons. The van der Waals surface area contributed by atoms with Crippen molar-refractivity contribution in [1.29, 1.82) is 0 Å². The van der Waals surface area contributed by atoms with Gasteiger partial charge < -0.3 is 25.4 Å². The number of hydrogen-bond acceptors (Lipinski definition) is 9. The fourth-order valence-corrected chi connectivity index (χ4v) is 4.58. The lowest BCUT2D eigenvalue weighted by Crippen LogP contribution is -2.40. The van der Waals surface area contributed by atoms with Gasteiger partial charge in [-0.3, -0.25) is 4.52 Å². The number of hydrogen-bond donors (Lipinski definition) is 4. The minimum Gasteiger partial charge on any atom is -0.389 e. The number of nitrogens with two attached hydrogens (primary N) is 1. The van der Waals surface area contributed by atoms with Gasteiger partial charge in [0.25, 0.3) is 0 Å². The van der Waals surface area contributed by atoms with Crippen molar-refractivity contribution in [2.75, 3.05) is 12.3 Å². The zero-order chi connectivity index (χ0) is 20.3. The SMILES string of the molecule is Nc1nc(Cl)nc2c1ncn2[C@H]1[C@H](O)[C@H](O)[C@]2(COP(=O)(O)N=O)C#CC[C@H]12. The fraction of sp³-hybridized carbons (Fsp3) is 0.500. The summed E-state index contributed by atoms with van der Waals surface area (Å²) in [7, 11) is -4.72. The number of imidazole rings is 1. The van der Waals surface area contributed by atoms with E-state index in [1.807, 2.05) is 0 Å². The van der Waals surface area contributed by atoms with Gasteiger partial charge >= 0.3 is 7.75 Å². The Hall–Kier alpha value is -2.13. The second-order valence-electron chi connectivity index (χ2n) is 6.63. The highest BCUT2D eigenvalue weighted by Crippen LogP contribution is 2.56. The third-order valence-electron chi connectivity index (χ3n) is 5.24. The lowest BCUT2D eigenvalue weighted by molar-refractivity contribution is -0.0254. The summed E-state index contributed by atoms with van der Waals surface area (Å²) >= 11 is 5.88. The maximum Gasteiger partial charge on any atom is 0.487 e. The Kier molecular flexibility index (Phi) is 4.42. The minimum absolute atomic E-state index is 0.0531. The molecule has 0 radical (unpaired) electrons. The monoisotopic (exact) mass is 428 g/mol. The first-order valence-electron chi connectivity index (χ1n) is 8.04. The van der Waals surface area contributed by atoms with E-state index in [2.05, 4.69) is 31.7 Å². The van der Waals surface area contributed by atoms with Crippen LogP contribution in [0, 0.1) is 28.1 Å². The minimum atomic E-state index is -4.72. The molecule has 0 spiro atoms. The van der Waals surface area contributed by atoms with Crippen molar-refractivity contribution >= 4 is 36.3 Å². The topological polar surface area (TPSA) is 186 Å². The third kappa shape index (κ3) is 2.71. The van der Waals surface area contributed by atoms with E-state index in [1.54, 1.807) is 0 Å². The van der Waals surface area contributed by atoms with E-state index in [0.29, 0.717) is 0 Å². The maximum absolute atomic E-state index is 11.5. The summed E-state index contributed by atoms with van der Waals surface area (Å²) in [4.78, 5) is 33.9. The van der Waals surface area contributed by atoms with Crippen LogP contribution in [0.1, 0.15) is 12.5 Å². The highest BCUT2D eigenvalue weighted by Gasteiger charge is 2.62. The zero-order valence-corrected chi connectivity index (χ0v) is 15.7. The second kappa shape index (κ2) is 6.45. The van der Waals surface area contributed by atoms with E-state index in [9.17, 15) is 24.6 Å². The molecule has 2 aromatic rings. The van der Waals surface area contributed by atoms with Gasteiger partial charge in [-0.15, -0.1) is 10.8 Å². The number of rotatable bonds is 5. The molecule has 1 saturated carbocycles. The molecule has 4 rings (SSSR count). The molecule has 14 heteroatoms. The lowest BCUT2D eigenvalue weighted by atomic mass is 9.79. The smallest absolute Gasteiger partial charge is 0.389 e. The molecule has 0 aliphatic heterocycles. The Morgan fingerprint density at radius 1 is 1.50 bits per heavy atom. The van der Waals surface area contributed by atoms with E-state index < -0.39 is 43.9 Å². The first kappa shape index (κ1) is 19.2. The van der Waals surface area contributed by atoms with E-state index in [4.69, 9.17) is 21.9 Å². The predicted octanol–water partition coefficient (Wildman–Crippen LogP) is 0.231. The van der Waals surface area contributed by atoms with E-state index in [1.165, 1.54) is 10.9 Å². The molecule has 2 aliphatic rings. The zero-order valence-electron chi connectivity index (χ0n) is 14.0. The van der Waals surface area contributed by atoms with Gasteiger partial charge in [0.05, 0.1) is 24.4 Å². The Morgan fingerprint density at radius 2 is 2.25 bits per heavy atom. The van der Waals surface area contributed by atoms with Crippen molar-refractivity contribution in [2.24, 2.45) is 16.3 Å². The lowest BCUT2D eigenvalue weighted by Gasteiger charge is -2.30. The Labute approximate surface area is 162 Å². The number of aromatic nitrogens is 4. The van der Waals surface area contributed by atoms with Gasteiger partial charge in [0, 0.05) is 17.3 Å².